The second-order valence-corrected chi connectivity index (χ2v) is 6.58. The zero-order valence-electron chi connectivity index (χ0n) is 14.1. The van der Waals surface area contributed by atoms with Crippen LogP contribution in [0.4, 0.5) is 0 Å². The number of nitrogens with two attached hydrogens (primary N) is 1. The highest BCUT2D eigenvalue weighted by Crippen LogP contribution is 2.24. The molecule has 0 unspecified atom stereocenters. The normalized spacial score (nSPS) is 10.7. The summed E-state index contributed by atoms with van der Waals surface area (Å²) in [6.45, 7) is 2.45. The summed E-state index contributed by atoms with van der Waals surface area (Å²) in [4.78, 5) is 23.8. The molecule has 134 valence electrons. The molecule has 1 amide bonds. The van der Waals surface area contributed by atoms with Gasteiger partial charge in [-0.1, -0.05) is 12.1 Å². The summed E-state index contributed by atoms with van der Waals surface area (Å²) in [5, 5.41) is 0. The Balaban J connectivity index is 1.83. The number of aromatic nitrogens is 1. The van der Waals surface area contributed by atoms with Crippen molar-refractivity contribution in [3.05, 3.63) is 86.1 Å². The molecule has 0 saturated heterocycles. The fourth-order valence-electron chi connectivity index (χ4n) is 2.52. The van der Waals surface area contributed by atoms with Crippen LogP contribution in [0.25, 0.3) is 0 Å². The topological polar surface area (TPSA) is 87.5 Å². The monoisotopic (exact) mass is 416 g/mol. The molecule has 0 spiro atoms. The second kappa shape index (κ2) is 7.61. The van der Waals surface area contributed by atoms with E-state index < -0.39 is 5.91 Å². The van der Waals surface area contributed by atoms with E-state index in [0.29, 0.717) is 28.1 Å². The van der Waals surface area contributed by atoms with Crippen molar-refractivity contribution in [1.29, 1.82) is 0 Å². The van der Waals surface area contributed by atoms with Gasteiger partial charge in [0.15, 0.2) is 0 Å². The van der Waals surface area contributed by atoms with Crippen molar-refractivity contribution in [2.45, 2.75) is 20.1 Å². The van der Waals surface area contributed by atoms with E-state index >= 15 is 0 Å². The number of furan rings is 1. The first-order valence-electron chi connectivity index (χ1n) is 7.89. The van der Waals surface area contributed by atoms with Gasteiger partial charge in [-0.3, -0.25) is 9.59 Å². The van der Waals surface area contributed by atoms with Gasteiger partial charge in [0.05, 0.1) is 12.8 Å². The first-order valence-corrected chi connectivity index (χ1v) is 8.69. The van der Waals surface area contributed by atoms with Gasteiger partial charge in [0, 0.05) is 17.3 Å². The molecule has 1 aromatic carbocycles. The van der Waals surface area contributed by atoms with Gasteiger partial charge in [-0.2, -0.15) is 0 Å². The Kier molecular flexibility index (Phi) is 5.27. The summed E-state index contributed by atoms with van der Waals surface area (Å²) in [5.74, 6) is 0.656. The summed E-state index contributed by atoms with van der Waals surface area (Å²) in [6.07, 6.45) is 1.57. The molecule has 26 heavy (non-hydrogen) atoms. The lowest BCUT2D eigenvalue weighted by atomic mass is 10.1. The molecule has 0 saturated carbocycles. The number of nitrogens with zero attached hydrogens (tertiary/aromatic N) is 1. The minimum absolute atomic E-state index is 0.196. The number of hydrogen-bond donors (Lipinski definition) is 1. The number of carbonyl (C=O) groups excluding carboxylic acids is 1. The summed E-state index contributed by atoms with van der Waals surface area (Å²) >= 11 is 3.32. The van der Waals surface area contributed by atoms with Crippen LogP contribution >= 0.6 is 15.9 Å². The number of pyridine rings is 1. The van der Waals surface area contributed by atoms with Crippen molar-refractivity contribution >= 4 is 21.8 Å². The third kappa shape index (κ3) is 3.88. The van der Waals surface area contributed by atoms with E-state index in [1.807, 2.05) is 6.92 Å². The van der Waals surface area contributed by atoms with Crippen molar-refractivity contribution in [3.63, 3.8) is 0 Å². The van der Waals surface area contributed by atoms with E-state index in [1.54, 1.807) is 53.3 Å². The zero-order valence-corrected chi connectivity index (χ0v) is 15.7. The minimum Gasteiger partial charge on any atom is -0.484 e. The SMILES string of the molecule is Cc1cc(OCc2ccco2)c(Br)c(=O)n1Cc1ccc(C(N)=O)cc1. The molecule has 0 aliphatic heterocycles. The molecule has 0 radical (unpaired) electrons. The van der Waals surface area contributed by atoms with E-state index in [0.717, 1.165) is 11.3 Å². The molecule has 0 aliphatic carbocycles. The van der Waals surface area contributed by atoms with Crippen molar-refractivity contribution in [3.8, 4) is 5.75 Å². The molecule has 7 heteroatoms. The molecular formula is C19H17BrN2O4. The number of carbonyl (C=O) groups is 1. The summed E-state index contributed by atoms with van der Waals surface area (Å²) < 4.78 is 12.9. The van der Waals surface area contributed by atoms with E-state index in [2.05, 4.69) is 15.9 Å². The lowest BCUT2D eigenvalue weighted by Crippen LogP contribution is -2.24. The van der Waals surface area contributed by atoms with E-state index in [4.69, 9.17) is 14.9 Å². The van der Waals surface area contributed by atoms with Crippen LogP contribution in [-0.2, 0) is 13.2 Å². The average molecular weight is 417 g/mol. The van der Waals surface area contributed by atoms with Crippen molar-refractivity contribution < 1.29 is 13.9 Å². The quantitative estimate of drug-likeness (QED) is 0.667. The van der Waals surface area contributed by atoms with Gasteiger partial charge in [-0.25, -0.2) is 0 Å². The first-order chi connectivity index (χ1) is 12.5. The van der Waals surface area contributed by atoms with E-state index in [-0.39, 0.29) is 12.2 Å². The standard InChI is InChI=1S/C19H17BrN2O4/c1-12-9-16(26-11-15-3-2-8-25-15)17(20)19(24)22(12)10-13-4-6-14(7-5-13)18(21)23/h2-9H,10-11H2,1H3,(H2,21,23). The van der Waals surface area contributed by atoms with Crippen LogP contribution in [0.5, 0.6) is 5.75 Å². The van der Waals surface area contributed by atoms with Gasteiger partial charge in [0.2, 0.25) is 5.91 Å². The molecule has 2 aromatic heterocycles. The lowest BCUT2D eigenvalue weighted by molar-refractivity contribution is 0.100. The molecule has 0 atom stereocenters. The highest BCUT2D eigenvalue weighted by molar-refractivity contribution is 9.10. The fourth-order valence-corrected chi connectivity index (χ4v) is 2.96. The summed E-state index contributed by atoms with van der Waals surface area (Å²) in [7, 11) is 0. The van der Waals surface area contributed by atoms with Crippen molar-refractivity contribution in [2.24, 2.45) is 5.73 Å². The Labute approximate surface area is 158 Å². The number of primary amides is 1. The van der Waals surface area contributed by atoms with Gasteiger partial charge in [-0.15, -0.1) is 0 Å². The van der Waals surface area contributed by atoms with E-state index in [9.17, 15) is 9.59 Å². The Bertz CT molecular complexity index is 976. The Morgan fingerprint density at radius 3 is 2.62 bits per heavy atom. The smallest absolute Gasteiger partial charge is 0.269 e. The molecule has 0 bridgehead atoms. The van der Waals surface area contributed by atoms with Gasteiger partial charge >= 0.3 is 0 Å². The van der Waals surface area contributed by atoms with E-state index in [1.165, 1.54) is 0 Å². The van der Waals surface area contributed by atoms with Crippen LogP contribution in [0, 0.1) is 6.92 Å². The molecule has 2 heterocycles. The lowest BCUT2D eigenvalue weighted by Gasteiger charge is -2.14. The first kappa shape index (κ1) is 18.0. The number of aryl methyl sites for hydroxylation is 1. The molecule has 2 N–H and O–H groups in total. The predicted molar refractivity (Wildman–Crippen MR) is 100 cm³/mol. The number of amides is 1. The van der Waals surface area contributed by atoms with Crippen LogP contribution in [0.3, 0.4) is 0 Å². The predicted octanol–water partition coefficient (Wildman–Crippen LogP) is 3.24. The van der Waals surface area contributed by atoms with Crippen LogP contribution < -0.4 is 16.0 Å². The molecule has 0 fully saturated rings. The van der Waals surface area contributed by atoms with Crippen LogP contribution in [0.15, 0.2) is 62.4 Å². The van der Waals surface area contributed by atoms with Gasteiger partial charge in [-0.05, 0) is 52.7 Å². The largest absolute Gasteiger partial charge is 0.484 e. The maximum Gasteiger partial charge on any atom is 0.269 e. The number of benzene rings is 1. The molecule has 6 nitrogen and oxygen atoms in total. The molecule has 3 aromatic rings. The second-order valence-electron chi connectivity index (χ2n) is 5.78. The molecular weight excluding hydrogens is 400 g/mol. The molecule has 3 rings (SSSR count). The maximum atomic E-state index is 12.7. The Morgan fingerprint density at radius 1 is 1.27 bits per heavy atom. The number of ether oxygens (including phenoxy) is 1. The number of hydrogen-bond acceptors (Lipinski definition) is 4. The summed E-state index contributed by atoms with van der Waals surface area (Å²) in [5.41, 5.74) is 7.12. The van der Waals surface area contributed by atoms with Crippen molar-refractivity contribution in [2.75, 3.05) is 0 Å². The zero-order chi connectivity index (χ0) is 18.7. The highest BCUT2D eigenvalue weighted by Gasteiger charge is 2.13. The van der Waals surface area contributed by atoms with Crippen LogP contribution in [0.2, 0.25) is 0 Å². The maximum absolute atomic E-state index is 12.7. The van der Waals surface area contributed by atoms with Crippen LogP contribution in [0.1, 0.15) is 27.4 Å². The third-order valence-electron chi connectivity index (χ3n) is 3.94. The third-order valence-corrected chi connectivity index (χ3v) is 4.67. The average Bonchev–Trinajstić information content (AvgIpc) is 3.14. The Hall–Kier alpha value is -2.80. The van der Waals surface area contributed by atoms with Crippen LogP contribution in [-0.4, -0.2) is 10.5 Å². The number of rotatable bonds is 6. The highest BCUT2D eigenvalue weighted by atomic mass is 79.9. The Morgan fingerprint density at radius 2 is 2.00 bits per heavy atom. The molecule has 0 aliphatic rings. The number of halogens is 1. The van der Waals surface area contributed by atoms with Gasteiger partial charge in [0.1, 0.15) is 22.6 Å². The van der Waals surface area contributed by atoms with Gasteiger partial charge < -0.3 is 19.5 Å². The van der Waals surface area contributed by atoms with Gasteiger partial charge in [0.25, 0.3) is 5.56 Å². The van der Waals surface area contributed by atoms with Crippen molar-refractivity contribution in [1.82, 2.24) is 4.57 Å². The fraction of sp³-hybridized carbons (Fsp3) is 0.158. The summed E-state index contributed by atoms with van der Waals surface area (Å²) in [6, 6.07) is 12.2. The minimum atomic E-state index is -0.481.